The topological polar surface area (TPSA) is 60.2 Å². The summed E-state index contributed by atoms with van der Waals surface area (Å²) in [6.07, 6.45) is 0.869. The van der Waals surface area contributed by atoms with E-state index in [1.165, 1.54) is 5.56 Å². The van der Waals surface area contributed by atoms with Crippen molar-refractivity contribution in [2.75, 3.05) is 19.0 Å². The average Bonchev–Trinajstić information content (AvgIpc) is 2.86. The number of nitrogens with zero attached hydrogens (tertiary/aromatic N) is 2. The third kappa shape index (κ3) is 2.99. The zero-order valence-electron chi connectivity index (χ0n) is 13.9. The third-order valence-corrected chi connectivity index (χ3v) is 4.02. The van der Waals surface area contributed by atoms with Gasteiger partial charge in [-0.15, -0.1) is 0 Å². The molecule has 0 unspecified atom stereocenters. The van der Waals surface area contributed by atoms with Crippen molar-refractivity contribution in [1.82, 2.24) is 10.1 Å². The van der Waals surface area contributed by atoms with Crippen molar-refractivity contribution in [3.05, 3.63) is 47.0 Å². The number of aryl methyl sites for hydroxylation is 3. The quantitative estimate of drug-likeness (QED) is 0.776. The molecule has 1 aromatic carbocycles. The van der Waals surface area contributed by atoms with Crippen molar-refractivity contribution in [3.63, 3.8) is 0 Å². The van der Waals surface area contributed by atoms with Gasteiger partial charge in [-0.05, 0) is 39.3 Å². The average molecular weight is 311 g/mol. The Morgan fingerprint density at radius 2 is 2.04 bits per heavy atom. The molecule has 3 rings (SSSR count). The molecular formula is C18H21N3O2. The molecule has 0 spiro atoms. The maximum absolute atomic E-state index is 5.42. The molecular weight excluding hydrogens is 290 g/mol. The van der Waals surface area contributed by atoms with Crippen LogP contribution in [-0.2, 0) is 6.42 Å². The first kappa shape index (κ1) is 15.3. The Morgan fingerprint density at radius 1 is 1.22 bits per heavy atom. The highest BCUT2D eigenvalue weighted by atomic mass is 16.5. The van der Waals surface area contributed by atoms with Crippen LogP contribution in [0.4, 0.5) is 5.69 Å². The monoisotopic (exact) mass is 311 g/mol. The number of para-hydroxylation sites is 1. The van der Waals surface area contributed by atoms with Crippen LogP contribution in [0.2, 0.25) is 0 Å². The molecule has 2 heterocycles. The van der Waals surface area contributed by atoms with E-state index >= 15 is 0 Å². The van der Waals surface area contributed by atoms with Gasteiger partial charge in [-0.1, -0.05) is 17.3 Å². The predicted octanol–water partition coefficient (Wildman–Crippen LogP) is 3.81. The molecule has 0 fully saturated rings. The molecule has 3 aromatic rings. The maximum atomic E-state index is 5.42. The third-order valence-electron chi connectivity index (χ3n) is 4.02. The number of methoxy groups -OCH3 is 1. The van der Waals surface area contributed by atoms with Crippen molar-refractivity contribution in [2.24, 2.45) is 0 Å². The van der Waals surface area contributed by atoms with Crippen molar-refractivity contribution in [3.8, 4) is 5.75 Å². The Kier molecular flexibility index (Phi) is 4.19. The van der Waals surface area contributed by atoms with Gasteiger partial charge >= 0.3 is 0 Å². The second kappa shape index (κ2) is 6.28. The van der Waals surface area contributed by atoms with Gasteiger partial charge in [-0.3, -0.25) is 0 Å². The van der Waals surface area contributed by atoms with E-state index < -0.39 is 0 Å². The van der Waals surface area contributed by atoms with Gasteiger partial charge in [0.1, 0.15) is 17.0 Å². The van der Waals surface area contributed by atoms with Crippen molar-refractivity contribution in [1.29, 1.82) is 0 Å². The van der Waals surface area contributed by atoms with E-state index in [-0.39, 0.29) is 0 Å². The lowest BCUT2D eigenvalue weighted by Crippen LogP contribution is -2.07. The minimum Gasteiger partial charge on any atom is -0.494 e. The smallest absolute Gasteiger partial charge is 0.145 e. The van der Waals surface area contributed by atoms with Crippen LogP contribution >= 0.6 is 0 Å². The molecule has 0 saturated carbocycles. The number of pyridine rings is 1. The second-order valence-electron chi connectivity index (χ2n) is 5.65. The van der Waals surface area contributed by atoms with Crippen molar-refractivity contribution in [2.45, 2.75) is 27.2 Å². The first-order chi connectivity index (χ1) is 11.1. The fraction of sp³-hybridized carbons (Fsp3) is 0.333. The van der Waals surface area contributed by atoms with Crippen LogP contribution in [0.5, 0.6) is 5.75 Å². The summed E-state index contributed by atoms with van der Waals surface area (Å²) in [5.41, 5.74) is 5.04. The summed E-state index contributed by atoms with van der Waals surface area (Å²) in [4.78, 5) is 4.60. The van der Waals surface area contributed by atoms with E-state index in [2.05, 4.69) is 27.6 Å². The van der Waals surface area contributed by atoms with Gasteiger partial charge in [0.05, 0.1) is 12.8 Å². The second-order valence-corrected chi connectivity index (χ2v) is 5.65. The van der Waals surface area contributed by atoms with Gasteiger partial charge in [0, 0.05) is 28.9 Å². The molecule has 0 saturated heterocycles. The number of aromatic nitrogens is 2. The molecule has 0 atom stereocenters. The van der Waals surface area contributed by atoms with Crippen LogP contribution < -0.4 is 10.1 Å². The highest BCUT2D eigenvalue weighted by molar-refractivity contribution is 5.95. The first-order valence-electron chi connectivity index (χ1n) is 7.70. The molecule has 0 radical (unpaired) electrons. The Hall–Kier alpha value is -2.56. The summed E-state index contributed by atoms with van der Waals surface area (Å²) in [5.74, 6) is 1.68. The molecule has 23 heavy (non-hydrogen) atoms. The maximum Gasteiger partial charge on any atom is 0.145 e. The fourth-order valence-corrected chi connectivity index (χ4v) is 2.84. The van der Waals surface area contributed by atoms with Gasteiger partial charge in [0.2, 0.25) is 0 Å². The van der Waals surface area contributed by atoms with Gasteiger partial charge in [0.25, 0.3) is 0 Å². The van der Waals surface area contributed by atoms with Crippen LogP contribution in [-0.4, -0.2) is 23.8 Å². The van der Waals surface area contributed by atoms with Crippen LogP contribution in [0.3, 0.4) is 0 Å². The Morgan fingerprint density at radius 3 is 2.74 bits per heavy atom. The van der Waals surface area contributed by atoms with Crippen LogP contribution in [0.15, 0.2) is 28.8 Å². The number of fused-ring (bicyclic) bond motifs is 1. The van der Waals surface area contributed by atoms with Crippen LogP contribution in [0.1, 0.15) is 22.7 Å². The molecule has 0 aliphatic carbocycles. The number of hydrogen-bond acceptors (Lipinski definition) is 5. The number of rotatable bonds is 5. The minimum absolute atomic E-state index is 0.792. The number of anilines is 1. The number of nitrogens with one attached hydrogen (secondary N) is 1. The molecule has 0 bridgehead atoms. The van der Waals surface area contributed by atoms with Crippen LogP contribution in [0.25, 0.3) is 10.9 Å². The van der Waals surface area contributed by atoms with Gasteiger partial charge < -0.3 is 14.6 Å². The fourth-order valence-electron chi connectivity index (χ4n) is 2.84. The van der Waals surface area contributed by atoms with Gasteiger partial charge in [0.15, 0.2) is 0 Å². The zero-order valence-corrected chi connectivity index (χ0v) is 13.9. The predicted molar refractivity (Wildman–Crippen MR) is 91.2 cm³/mol. The summed E-state index contributed by atoms with van der Waals surface area (Å²) in [5, 5.41) is 8.57. The first-order valence-corrected chi connectivity index (χ1v) is 7.70. The summed E-state index contributed by atoms with van der Waals surface area (Å²) in [6.45, 7) is 6.72. The number of hydrogen-bond donors (Lipinski definition) is 1. The van der Waals surface area contributed by atoms with Crippen LogP contribution in [0, 0.1) is 20.8 Å². The molecule has 0 aliphatic rings. The zero-order chi connectivity index (χ0) is 16.4. The number of ether oxygens (including phenoxy) is 1. The summed E-state index contributed by atoms with van der Waals surface area (Å²) < 4.78 is 10.6. The van der Waals surface area contributed by atoms with Gasteiger partial charge in [-0.2, -0.15) is 0 Å². The molecule has 5 nitrogen and oxygen atoms in total. The SMILES string of the molecule is COc1cccc2c(NCCc3c(C)noc3C)cc(C)nc12. The van der Waals surface area contributed by atoms with Gasteiger partial charge in [-0.25, -0.2) is 4.98 Å². The molecule has 0 amide bonds. The standard InChI is InChI=1S/C18H21N3O2/c1-11-10-16(15-6-5-7-17(22-4)18(15)20-11)19-9-8-14-12(2)21-23-13(14)3/h5-7,10H,8-9H2,1-4H3,(H,19,20). The Labute approximate surface area is 135 Å². The highest BCUT2D eigenvalue weighted by Crippen LogP contribution is 2.29. The Bertz CT molecular complexity index is 820. The molecule has 2 aromatic heterocycles. The largest absolute Gasteiger partial charge is 0.494 e. The normalized spacial score (nSPS) is 11.0. The lowest BCUT2D eigenvalue weighted by molar-refractivity contribution is 0.392. The molecule has 1 N–H and O–H groups in total. The summed E-state index contributed by atoms with van der Waals surface area (Å²) in [6, 6.07) is 8.04. The molecule has 5 heteroatoms. The molecule has 0 aliphatic heterocycles. The van der Waals surface area contributed by atoms with Crippen molar-refractivity contribution < 1.29 is 9.26 Å². The van der Waals surface area contributed by atoms with E-state index in [9.17, 15) is 0 Å². The van der Waals surface area contributed by atoms with Crippen molar-refractivity contribution >= 4 is 16.6 Å². The summed E-state index contributed by atoms with van der Waals surface area (Å²) in [7, 11) is 1.67. The van der Waals surface area contributed by atoms with E-state index in [1.807, 2.05) is 32.9 Å². The van der Waals surface area contributed by atoms with E-state index in [1.54, 1.807) is 7.11 Å². The summed E-state index contributed by atoms with van der Waals surface area (Å²) >= 11 is 0. The Balaban J connectivity index is 1.85. The van der Waals surface area contributed by atoms with E-state index in [4.69, 9.17) is 9.26 Å². The number of benzene rings is 1. The minimum atomic E-state index is 0.792. The lowest BCUT2D eigenvalue weighted by Gasteiger charge is -2.12. The molecule has 120 valence electrons. The van der Waals surface area contributed by atoms with E-state index in [0.29, 0.717) is 0 Å². The highest BCUT2D eigenvalue weighted by Gasteiger charge is 2.10. The van der Waals surface area contributed by atoms with E-state index in [0.717, 1.165) is 52.5 Å². The lowest BCUT2D eigenvalue weighted by atomic mass is 10.1.